The van der Waals surface area contributed by atoms with Crippen molar-refractivity contribution >= 4 is 15.8 Å². The van der Waals surface area contributed by atoms with Gasteiger partial charge in [0.15, 0.2) is 0 Å². The molecule has 0 bridgehead atoms. The van der Waals surface area contributed by atoms with Crippen LogP contribution < -0.4 is 0 Å². The van der Waals surface area contributed by atoms with Crippen LogP contribution in [0.5, 0.6) is 0 Å². The lowest BCUT2D eigenvalue weighted by molar-refractivity contribution is 0.142. The maximum Gasteiger partial charge on any atom is -0.0204 e. The second-order valence-electron chi connectivity index (χ2n) is 16.1. The minimum atomic E-state index is 0.285. The van der Waals surface area contributed by atoms with E-state index >= 15 is 0 Å². The number of rotatable bonds is 9. The molecule has 230 valence electrons. The van der Waals surface area contributed by atoms with Crippen LogP contribution in [0.25, 0.3) is 0 Å². The van der Waals surface area contributed by atoms with Gasteiger partial charge in [-0.1, -0.05) is 116 Å². The molecule has 0 spiro atoms. The van der Waals surface area contributed by atoms with Crippen molar-refractivity contribution in [3.8, 4) is 0 Å². The third-order valence-corrected chi connectivity index (χ3v) is 21.1. The summed E-state index contributed by atoms with van der Waals surface area (Å²) in [6.07, 6.45) is 48.1. The minimum absolute atomic E-state index is 0.285. The molecule has 0 aromatic carbocycles. The first-order valence-electron chi connectivity index (χ1n) is 19.4. The van der Waals surface area contributed by atoms with Crippen LogP contribution in [0.2, 0.25) is 0 Å². The highest BCUT2D eigenvalue weighted by atomic mass is 31.1. The Balaban J connectivity index is 1.14. The molecule has 0 amide bonds. The minimum Gasteiger partial charge on any atom is -0.100 e. The van der Waals surface area contributed by atoms with Gasteiger partial charge in [-0.15, -0.1) is 15.8 Å². The van der Waals surface area contributed by atoms with Crippen molar-refractivity contribution < 1.29 is 0 Å². The van der Waals surface area contributed by atoms with Gasteiger partial charge in [0.2, 0.25) is 0 Å². The Morgan fingerprint density at radius 1 is 0.350 bits per heavy atom. The zero-order valence-electron chi connectivity index (χ0n) is 26.7. The van der Waals surface area contributed by atoms with Crippen molar-refractivity contribution in [2.24, 2.45) is 23.7 Å². The highest BCUT2D eigenvalue weighted by Crippen LogP contribution is 2.62. The van der Waals surface area contributed by atoms with Crippen LogP contribution in [-0.4, -0.2) is 35.0 Å². The Morgan fingerprint density at radius 2 is 0.800 bits per heavy atom. The normalized spacial score (nSPS) is 35.6. The van der Waals surface area contributed by atoms with Crippen LogP contribution in [0, 0.1) is 23.7 Å². The van der Waals surface area contributed by atoms with Crippen molar-refractivity contribution in [1.29, 1.82) is 0 Å². The quantitative estimate of drug-likeness (QED) is 0.236. The molecule has 0 saturated heterocycles. The van der Waals surface area contributed by atoms with Crippen molar-refractivity contribution in [3.63, 3.8) is 0 Å². The van der Waals surface area contributed by atoms with Gasteiger partial charge in [0.05, 0.1) is 0 Å². The maximum atomic E-state index is 1.73. The fraction of sp³-hybridized carbons (Fsp3) is 1.00. The largest absolute Gasteiger partial charge is 0.100 e. The van der Waals surface area contributed by atoms with E-state index in [4.69, 9.17) is 0 Å². The van der Waals surface area contributed by atoms with Gasteiger partial charge < -0.3 is 0 Å². The SMILES string of the molecule is C1CCC(CP(C2CCCCC2)C2CCCC(C3CCCCC3CP(C3CCCCC3)C3CCCCC3)C2)CC1. The zero-order chi connectivity index (χ0) is 27.0. The zero-order valence-corrected chi connectivity index (χ0v) is 28.5. The average Bonchev–Trinajstić information content (AvgIpc) is 3.04. The summed E-state index contributed by atoms with van der Waals surface area (Å²) in [5, 5.41) is 0. The van der Waals surface area contributed by atoms with E-state index in [9.17, 15) is 0 Å². The molecule has 0 aliphatic heterocycles. The molecule has 0 heterocycles. The van der Waals surface area contributed by atoms with Gasteiger partial charge in [-0.25, -0.2) is 0 Å². The Kier molecular flexibility index (Phi) is 12.5. The summed E-state index contributed by atoms with van der Waals surface area (Å²) < 4.78 is 0. The highest BCUT2D eigenvalue weighted by molar-refractivity contribution is 7.59. The summed E-state index contributed by atoms with van der Waals surface area (Å²) in [4.78, 5) is 0. The van der Waals surface area contributed by atoms with Gasteiger partial charge in [-0.3, -0.25) is 0 Å². The van der Waals surface area contributed by atoms with Crippen LogP contribution in [0.15, 0.2) is 0 Å². The van der Waals surface area contributed by atoms with Gasteiger partial charge >= 0.3 is 0 Å². The molecule has 0 N–H and O–H groups in total. The molecule has 0 aromatic heterocycles. The number of hydrogen-bond donors (Lipinski definition) is 0. The molecule has 0 nitrogen and oxygen atoms in total. The second kappa shape index (κ2) is 16.3. The molecule has 5 unspecified atom stereocenters. The Hall–Kier alpha value is 0.860. The second-order valence-corrected chi connectivity index (χ2v) is 21.8. The van der Waals surface area contributed by atoms with Crippen molar-refractivity contribution in [3.05, 3.63) is 0 Å². The molecule has 5 atom stereocenters. The fourth-order valence-corrected chi connectivity index (χ4v) is 19.8. The summed E-state index contributed by atoms with van der Waals surface area (Å²) >= 11 is 0. The fourth-order valence-electron chi connectivity index (χ4n) is 11.3. The summed E-state index contributed by atoms with van der Waals surface area (Å²) in [6, 6.07) is 0. The monoisotopic (exact) mass is 586 g/mol. The third-order valence-electron chi connectivity index (χ3n) is 13.5. The van der Waals surface area contributed by atoms with Gasteiger partial charge in [0.1, 0.15) is 0 Å². The van der Waals surface area contributed by atoms with Crippen molar-refractivity contribution in [2.75, 3.05) is 12.3 Å². The molecule has 6 fully saturated rings. The van der Waals surface area contributed by atoms with E-state index in [0.29, 0.717) is 7.92 Å². The summed E-state index contributed by atoms with van der Waals surface area (Å²) in [7, 11) is 0.576. The topological polar surface area (TPSA) is 0 Å². The van der Waals surface area contributed by atoms with Crippen LogP contribution in [-0.2, 0) is 0 Å². The van der Waals surface area contributed by atoms with Crippen LogP contribution in [0.4, 0.5) is 0 Å². The van der Waals surface area contributed by atoms with Crippen LogP contribution >= 0.6 is 15.8 Å². The Labute approximate surface area is 253 Å². The molecular formula is C38H68P2. The lowest BCUT2D eigenvalue weighted by atomic mass is 9.68. The van der Waals surface area contributed by atoms with Gasteiger partial charge in [-0.05, 0) is 123 Å². The molecule has 6 aliphatic carbocycles. The molecule has 0 aromatic rings. The van der Waals surface area contributed by atoms with E-state index in [-0.39, 0.29) is 7.92 Å². The molecule has 6 saturated carbocycles. The van der Waals surface area contributed by atoms with E-state index in [1.54, 1.807) is 186 Å². The number of hydrogen-bond acceptors (Lipinski definition) is 0. The average molecular weight is 587 g/mol. The van der Waals surface area contributed by atoms with E-state index in [0.717, 1.165) is 23.7 Å². The first-order chi connectivity index (χ1) is 19.8. The summed E-state index contributed by atoms with van der Waals surface area (Å²) in [5.74, 6) is 4.51. The molecule has 40 heavy (non-hydrogen) atoms. The van der Waals surface area contributed by atoms with E-state index in [2.05, 4.69) is 0 Å². The highest BCUT2D eigenvalue weighted by Gasteiger charge is 2.41. The van der Waals surface area contributed by atoms with Gasteiger partial charge in [0.25, 0.3) is 0 Å². The van der Waals surface area contributed by atoms with Crippen molar-refractivity contribution in [1.82, 2.24) is 0 Å². The smallest absolute Gasteiger partial charge is 0.0204 e. The molecular weight excluding hydrogens is 518 g/mol. The third kappa shape index (κ3) is 8.31. The first kappa shape index (κ1) is 30.9. The van der Waals surface area contributed by atoms with E-state index < -0.39 is 0 Å². The molecule has 6 rings (SSSR count). The lowest BCUT2D eigenvalue weighted by Crippen LogP contribution is -2.36. The predicted molar refractivity (Wildman–Crippen MR) is 182 cm³/mol. The predicted octanol–water partition coefficient (Wildman–Crippen LogP) is 12.9. The van der Waals surface area contributed by atoms with Gasteiger partial charge in [0, 0.05) is 0 Å². The standard InChI is InChI=1S/C38H68P2/c1-5-16-31(17-6-1)29-39(34-20-7-2-8-21-34)37-26-15-19-32(28-37)38-27-14-13-18-33(38)30-40(35-22-9-3-10-23-35)36-24-11-4-12-25-36/h31-38H,1-30H2. The maximum absolute atomic E-state index is 1.73. The first-order valence-corrected chi connectivity index (χ1v) is 22.7. The lowest BCUT2D eigenvalue weighted by Gasteiger charge is -2.48. The Morgan fingerprint density at radius 3 is 1.38 bits per heavy atom. The van der Waals surface area contributed by atoms with E-state index in [1.165, 1.54) is 29.1 Å². The van der Waals surface area contributed by atoms with E-state index in [1.807, 2.05) is 0 Å². The Bertz CT molecular complexity index is 678. The van der Waals surface area contributed by atoms with Gasteiger partial charge in [-0.2, -0.15) is 0 Å². The molecule has 6 aliphatic rings. The summed E-state index contributed by atoms with van der Waals surface area (Å²) in [6.45, 7) is 0. The molecule has 0 radical (unpaired) electrons. The van der Waals surface area contributed by atoms with Crippen molar-refractivity contribution in [2.45, 2.75) is 202 Å². The molecule has 2 heteroatoms. The van der Waals surface area contributed by atoms with Crippen LogP contribution in [0.1, 0.15) is 180 Å². The summed E-state index contributed by atoms with van der Waals surface area (Å²) in [5.41, 5.74) is 4.67. The van der Waals surface area contributed by atoms with Crippen LogP contribution in [0.3, 0.4) is 0 Å².